The van der Waals surface area contributed by atoms with Gasteiger partial charge in [-0.05, 0) is 35.7 Å². The van der Waals surface area contributed by atoms with Gasteiger partial charge in [-0.25, -0.2) is 0 Å². The lowest BCUT2D eigenvalue weighted by Gasteiger charge is -2.38. The monoisotopic (exact) mass is 330 g/mol. The van der Waals surface area contributed by atoms with Gasteiger partial charge in [-0.3, -0.25) is 9.78 Å². The maximum atomic E-state index is 11.4. The number of aromatic nitrogens is 1. The second-order valence-corrected chi connectivity index (χ2v) is 6.02. The molecule has 2 heterocycles. The Labute approximate surface area is 120 Å². The number of nitrogens with zero attached hydrogens (tertiary/aromatic N) is 1. The third kappa shape index (κ3) is 2.28. The van der Waals surface area contributed by atoms with Crippen LogP contribution in [0.15, 0.2) is 10.7 Å². The molecule has 1 unspecified atom stereocenters. The molecule has 98 valence electrons. The van der Waals surface area contributed by atoms with Crippen LogP contribution >= 0.6 is 27.5 Å². The fraction of sp³-hybridized carbons (Fsp3) is 0.538. The molecule has 1 aromatic rings. The Balaban J connectivity index is 2.51. The number of rotatable bonds is 2. The van der Waals surface area contributed by atoms with E-state index in [1.54, 1.807) is 6.20 Å². The lowest BCUT2D eigenvalue weighted by Crippen LogP contribution is -2.46. The van der Waals surface area contributed by atoms with E-state index in [9.17, 15) is 4.79 Å². The first-order valence-electron chi connectivity index (χ1n) is 6.08. The first kappa shape index (κ1) is 13.8. The van der Waals surface area contributed by atoms with Crippen LogP contribution in [-0.4, -0.2) is 17.4 Å². The molecule has 1 saturated heterocycles. The molecule has 0 aliphatic carbocycles. The van der Waals surface area contributed by atoms with Crippen molar-refractivity contribution in [3.05, 3.63) is 26.9 Å². The van der Waals surface area contributed by atoms with E-state index in [0.717, 1.165) is 33.6 Å². The summed E-state index contributed by atoms with van der Waals surface area (Å²) in [7, 11) is 0. The van der Waals surface area contributed by atoms with Crippen molar-refractivity contribution in [1.82, 2.24) is 10.3 Å². The number of carbonyl (C=O) groups is 1. The normalized spacial score (nSPS) is 23.9. The zero-order valence-corrected chi connectivity index (χ0v) is 12.9. The molecule has 0 saturated carbocycles. The largest absolute Gasteiger partial charge is 0.355 e. The average Bonchev–Trinajstić information content (AvgIpc) is 2.37. The summed E-state index contributed by atoms with van der Waals surface area (Å²) >= 11 is 9.87. The highest BCUT2D eigenvalue weighted by Crippen LogP contribution is 2.42. The van der Waals surface area contributed by atoms with Gasteiger partial charge in [0, 0.05) is 35.8 Å². The van der Waals surface area contributed by atoms with Crippen molar-refractivity contribution < 1.29 is 4.79 Å². The number of hydrogen-bond donors (Lipinski definition) is 1. The predicted octanol–water partition coefficient (Wildman–Crippen LogP) is 3.36. The number of halogens is 2. The molecule has 1 atom stereocenters. The van der Waals surface area contributed by atoms with Gasteiger partial charge >= 0.3 is 0 Å². The van der Waals surface area contributed by atoms with Gasteiger partial charge in [0.15, 0.2) is 0 Å². The first-order valence-corrected chi connectivity index (χ1v) is 7.25. The maximum Gasteiger partial charge on any atom is 0.220 e. The van der Waals surface area contributed by atoms with E-state index in [-0.39, 0.29) is 11.3 Å². The van der Waals surface area contributed by atoms with E-state index >= 15 is 0 Å². The van der Waals surface area contributed by atoms with Gasteiger partial charge in [0.1, 0.15) is 0 Å². The molecule has 0 aromatic carbocycles. The smallest absolute Gasteiger partial charge is 0.220 e. The summed E-state index contributed by atoms with van der Waals surface area (Å²) in [6, 6.07) is 0. The molecule has 0 spiro atoms. The highest BCUT2D eigenvalue weighted by atomic mass is 79.9. The number of carbonyl (C=O) groups excluding carboxylic acids is 1. The number of hydrogen-bond acceptors (Lipinski definition) is 2. The van der Waals surface area contributed by atoms with Crippen LogP contribution < -0.4 is 5.32 Å². The molecule has 1 aliphatic rings. The van der Waals surface area contributed by atoms with Crippen LogP contribution in [0.25, 0.3) is 0 Å². The predicted molar refractivity (Wildman–Crippen MR) is 75.9 cm³/mol. The fourth-order valence-corrected chi connectivity index (χ4v) is 3.35. The molecule has 1 amide bonds. The summed E-state index contributed by atoms with van der Waals surface area (Å²) in [5.41, 5.74) is 1.92. The molecule has 5 heteroatoms. The summed E-state index contributed by atoms with van der Waals surface area (Å²) in [6.45, 7) is 4.75. The number of nitrogens with one attached hydrogen (secondary N) is 1. The Morgan fingerprint density at radius 1 is 1.61 bits per heavy atom. The lowest BCUT2D eigenvalue weighted by atomic mass is 9.72. The molecule has 0 bridgehead atoms. The van der Waals surface area contributed by atoms with Gasteiger partial charge in [-0.1, -0.05) is 18.5 Å². The zero-order chi connectivity index (χ0) is 13.3. The number of pyridine rings is 1. The van der Waals surface area contributed by atoms with Crippen molar-refractivity contribution in [3.63, 3.8) is 0 Å². The number of aryl methyl sites for hydroxylation is 1. The minimum atomic E-state index is -0.0914. The Hall–Kier alpha value is -0.610. The molecule has 3 nitrogen and oxygen atoms in total. The van der Waals surface area contributed by atoms with E-state index in [1.807, 2.05) is 6.92 Å². The maximum absolute atomic E-state index is 11.4. The summed E-state index contributed by atoms with van der Waals surface area (Å²) < 4.78 is 0.814. The summed E-state index contributed by atoms with van der Waals surface area (Å²) in [5.74, 6) is 0.121. The van der Waals surface area contributed by atoms with Crippen LogP contribution in [0.1, 0.15) is 37.4 Å². The third-order valence-electron chi connectivity index (χ3n) is 3.82. The standard InChI is InChI=1S/C13H16BrClN2O/c1-3-13(5-4-10(18)17-7-13)11-8(2)16-6-9(14)12(11)15/h6H,3-5,7H2,1-2H3,(H,17,18). The Bertz CT molecular complexity index is 480. The SMILES string of the molecule is CCC1(c2c(C)ncc(Br)c2Cl)CCC(=O)NC1. The van der Waals surface area contributed by atoms with Crippen molar-refractivity contribution >= 4 is 33.4 Å². The van der Waals surface area contributed by atoms with Gasteiger partial charge in [0.05, 0.1) is 9.50 Å². The molecular formula is C13H16BrClN2O. The van der Waals surface area contributed by atoms with E-state index in [4.69, 9.17) is 11.6 Å². The second kappa shape index (κ2) is 5.17. The highest BCUT2D eigenvalue weighted by Gasteiger charge is 2.38. The summed E-state index contributed by atoms with van der Waals surface area (Å²) in [4.78, 5) is 15.7. The van der Waals surface area contributed by atoms with Gasteiger partial charge in [0.2, 0.25) is 5.91 Å². The Morgan fingerprint density at radius 3 is 2.89 bits per heavy atom. The Morgan fingerprint density at radius 2 is 2.33 bits per heavy atom. The van der Waals surface area contributed by atoms with Gasteiger partial charge in [-0.2, -0.15) is 0 Å². The number of piperidine rings is 1. The molecule has 0 radical (unpaired) electrons. The highest BCUT2D eigenvalue weighted by molar-refractivity contribution is 9.10. The van der Waals surface area contributed by atoms with Crippen molar-refractivity contribution in [2.45, 2.75) is 38.5 Å². The van der Waals surface area contributed by atoms with Crippen molar-refractivity contribution in [2.24, 2.45) is 0 Å². The lowest BCUT2D eigenvalue weighted by molar-refractivity contribution is -0.123. The molecule has 1 aromatic heterocycles. The first-order chi connectivity index (χ1) is 8.50. The molecule has 2 rings (SSSR count). The van der Waals surface area contributed by atoms with Crippen LogP contribution in [0.2, 0.25) is 5.02 Å². The molecule has 1 fully saturated rings. The summed E-state index contributed by atoms with van der Waals surface area (Å²) in [6.07, 6.45) is 4.04. The van der Waals surface area contributed by atoms with Crippen LogP contribution in [0.5, 0.6) is 0 Å². The quantitative estimate of drug-likeness (QED) is 0.903. The minimum Gasteiger partial charge on any atom is -0.355 e. The second-order valence-electron chi connectivity index (χ2n) is 4.79. The van der Waals surface area contributed by atoms with E-state index in [0.29, 0.717) is 13.0 Å². The molecule has 18 heavy (non-hydrogen) atoms. The average molecular weight is 332 g/mol. The topological polar surface area (TPSA) is 42.0 Å². The van der Waals surface area contributed by atoms with E-state index in [2.05, 4.69) is 33.2 Å². The number of amides is 1. The molecular weight excluding hydrogens is 316 g/mol. The van der Waals surface area contributed by atoms with E-state index in [1.165, 1.54) is 0 Å². The Kier molecular flexibility index (Phi) is 3.97. The fourth-order valence-electron chi connectivity index (χ4n) is 2.66. The van der Waals surface area contributed by atoms with Crippen molar-refractivity contribution in [1.29, 1.82) is 0 Å². The van der Waals surface area contributed by atoms with Gasteiger partial charge in [0.25, 0.3) is 0 Å². The molecule has 1 aliphatic heterocycles. The summed E-state index contributed by atoms with van der Waals surface area (Å²) in [5, 5.41) is 3.68. The van der Waals surface area contributed by atoms with Crippen molar-refractivity contribution in [2.75, 3.05) is 6.54 Å². The minimum absolute atomic E-state index is 0.0914. The van der Waals surface area contributed by atoms with Crippen LogP contribution in [-0.2, 0) is 10.2 Å². The van der Waals surface area contributed by atoms with Gasteiger partial charge < -0.3 is 5.32 Å². The van der Waals surface area contributed by atoms with Gasteiger partial charge in [-0.15, -0.1) is 0 Å². The zero-order valence-electron chi connectivity index (χ0n) is 10.5. The third-order valence-corrected chi connectivity index (χ3v) is 5.05. The van der Waals surface area contributed by atoms with Crippen LogP contribution in [0, 0.1) is 6.92 Å². The van der Waals surface area contributed by atoms with E-state index < -0.39 is 0 Å². The van der Waals surface area contributed by atoms with Crippen LogP contribution in [0.3, 0.4) is 0 Å². The molecule has 1 N–H and O–H groups in total. The van der Waals surface area contributed by atoms with Crippen LogP contribution in [0.4, 0.5) is 0 Å². The van der Waals surface area contributed by atoms with Crippen molar-refractivity contribution in [3.8, 4) is 0 Å².